The van der Waals surface area contributed by atoms with Crippen molar-refractivity contribution in [2.45, 2.75) is 13.8 Å². The molecule has 2 aromatic rings. The van der Waals surface area contributed by atoms with Crippen molar-refractivity contribution >= 4 is 33.4 Å². The van der Waals surface area contributed by atoms with Crippen LogP contribution in [0.1, 0.15) is 11.3 Å². The molecule has 0 unspecified atom stereocenters. The monoisotopic (exact) mass is 363 g/mol. The average molecular weight is 364 g/mol. The molecular weight excluding hydrogens is 342 g/mol. The maximum Gasteiger partial charge on any atom is 0.229 e. The second-order valence-electron chi connectivity index (χ2n) is 5.56. The lowest BCUT2D eigenvalue weighted by Crippen LogP contribution is -2.21. The van der Waals surface area contributed by atoms with Crippen molar-refractivity contribution in [3.63, 3.8) is 0 Å². The molecule has 0 fully saturated rings. The van der Waals surface area contributed by atoms with E-state index in [2.05, 4.69) is 74.6 Å². The fourth-order valence-electron chi connectivity index (χ4n) is 1.96. The predicted molar refractivity (Wildman–Crippen MR) is 96.0 cm³/mol. The molecule has 0 aliphatic rings. The largest absolute Gasteiger partial charge is 0.369 e. The van der Waals surface area contributed by atoms with E-state index in [1.807, 2.05) is 19.1 Å². The van der Waals surface area contributed by atoms with Crippen molar-refractivity contribution in [3.8, 4) is 0 Å². The Hall–Kier alpha value is -1.66. The first-order valence-electron chi connectivity index (χ1n) is 7.21. The minimum absolute atomic E-state index is 0.594. The molecule has 6 heteroatoms. The standard InChI is InChI=1S/C16H22BrN5/c1-11-5-6-14(13(17)9-11)20-16-19-12(2)10-15(21-16)18-7-8-22(3)4/h5-6,9-10H,7-8H2,1-4H3,(H2,18,19,20,21). The van der Waals surface area contributed by atoms with Crippen molar-refractivity contribution in [1.29, 1.82) is 0 Å². The Labute approximate surface area is 140 Å². The van der Waals surface area contributed by atoms with Crippen molar-refractivity contribution in [2.75, 3.05) is 37.8 Å². The Balaban J connectivity index is 2.12. The summed E-state index contributed by atoms with van der Waals surface area (Å²) in [6.07, 6.45) is 0. The van der Waals surface area contributed by atoms with Crippen molar-refractivity contribution in [1.82, 2.24) is 14.9 Å². The van der Waals surface area contributed by atoms with Gasteiger partial charge in [-0.1, -0.05) is 6.07 Å². The number of likely N-dealkylation sites (N-methyl/N-ethyl adjacent to an activating group) is 1. The maximum atomic E-state index is 4.52. The molecule has 1 heterocycles. The second-order valence-corrected chi connectivity index (χ2v) is 6.41. The van der Waals surface area contributed by atoms with Crippen molar-refractivity contribution < 1.29 is 0 Å². The van der Waals surface area contributed by atoms with E-state index < -0.39 is 0 Å². The first-order chi connectivity index (χ1) is 10.4. The van der Waals surface area contributed by atoms with Crippen LogP contribution in [0, 0.1) is 13.8 Å². The number of nitrogens with zero attached hydrogens (tertiary/aromatic N) is 3. The Morgan fingerprint density at radius 1 is 1.14 bits per heavy atom. The van der Waals surface area contributed by atoms with Crippen LogP contribution >= 0.6 is 15.9 Å². The summed E-state index contributed by atoms with van der Waals surface area (Å²) in [5.74, 6) is 1.43. The number of hydrogen-bond acceptors (Lipinski definition) is 5. The third-order valence-electron chi connectivity index (χ3n) is 3.09. The molecule has 0 aliphatic heterocycles. The second kappa shape index (κ2) is 7.56. The molecule has 5 nitrogen and oxygen atoms in total. The number of rotatable bonds is 6. The van der Waals surface area contributed by atoms with Gasteiger partial charge in [0.2, 0.25) is 5.95 Å². The van der Waals surface area contributed by atoms with E-state index >= 15 is 0 Å². The molecule has 0 aliphatic carbocycles. The number of halogens is 1. The summed E-state index contributed by atoms with van der Waals surface area (Å²) >= 11 is 3.56. The Bertz CT molecular complexity index is 642. The van der Waals surface area contributed by atoms with Crippen LogP contribution in [0.15, 0.2) is 28.7 Å². The van der Waals surface area contributed by atoms with Crippen molar-refractivity contribution in [2.24, 2.45) is 0 Å². The van der Waals surface area contributed by atoms with Gasteiger partial charge in [0, 0.05) is 29.3 Å². The summed E-state index contributed by atoms with van der Waals surface area (Å²) in [5.41, 5.74) is 3.08. The summed E-state index contributed by atoms with van der Waals surface area (Å²) in [7, 11) is 4.10. The quantitative estimate of drug-likeness (QED) is 0.821. The van der Waals surface area contributed by atoms with Gasteiger partial charge in [0.1, 0.15) is 5.82 Å². The maximum absolute atomic E-state index is 4.52. The summed E-state index contributed by atoms with van der Waals surface area (Å²) in [5, 5.41) is 6.58. The molecule has 118 valence electrons. The summed E-state index contributed by atoms with van der Waals surface area (Å²) in [4.78, 5) is 11.1. The van der Waals surface area contributed by atoms with Gasteiger partial charge >= 0.3 is 0 Å². The third kappa shape index (κ3) is 4.96. The molecule has 22 heavy (non-hydrogen) atoms. The predicted octanol–water partition coefficient (Wildman–Crippen LogP) is 3.57. The molecule has 0 amide bonds. The van der Waals surface area contributed by atoms with Gasteiger partial charge in [0.05, 0.1) is 5.69 Å². The van der Waals surface area contributed by atoms with E-state index in [1.54, 1.807) is 0 Å². The topological polar surface area (TPSA) is 53.1 Å². The number of nitrogens with one attached hydrogen (secondary N) is 2. The molecule has 0 saturated carbocycles. The van der Waals surface area contributed by atoms with E-state index in [9.17, 15) is 0 Å². The van der Waals surface area contributed by atoms with Crippen LogP contribution in [0.4, 0.5) is 17.5 Å². The van der Waals surface area contributed by atoms with E-state index in [1.165, 1.54) is 5.56 Å². The minimum Gasteiger partial charge on any atom is -0.369 e. The average Bonchev–Trinajstić information content (AvgIpc) is 2.41. The van der Waals surface area contributed by atoms with E-state index in [0.717, 1.165) is 34.8 Å². The lowest BCUT2D eigenvalue weighted by molar-refractivity contribution is 0.425. The molecule has 2 rings (SSSR count). The number of aryl methyl sites for hydroxylation is 2. The lowest BCUT2D eigenvalue weighted by atomic mass is 10.2. The summed E-state index contributed by atoms with van der Waals surface area (Å²) in [6.45, 7) is 5.82. The smallest absolute Gasteiger partial charge is 0.229 e. The normalized spacial score (nSPS) is 10.8. The van der Waals surface area contributed by atoms with E-state index in [4.69, 9.17) is 0 Å². The van der Waals surface area contributed by atoms with Crippen LogP contribution in [0.25, 0.3) is 0 Å². The first-order valence-corrected chi connectivity index (χ1v) is 8.01. The van der Waals surface area contributed by atoms with Crippen LogP contribution in [-0.4, -0.2) is 42.1 Å². The Morgan fingerprint density at radius 3 is 2.59 bits per heavy atom. The molecule has 1 aromatic carbocycles. The molecule has 0 atom stereocenters. The van der Waals surface area contributed by atoms with Gasteiger partial charge < -0.3 is 15.5 Å². The lowest BCUT2D eigenvalue weighted by Gasteiger charge is -2.13. The Morgan fingerprint density at radius 2 is 1.91 bits per heavy atom. The highest BCUT2D eigenvalue weighted by Gasteiger charge is 2.05. The highest BCUT2D eigenvalue weighted by atomic mass is 79.9. The van der Waals surface area contributed by atoms with E-state index in [-0.39, 0.29) is 0 Å². The van der Waals surface area contributed by atoms with Crippen LogP contribution in [0.5, 0.6) is 0 Å². The van der Waals surface area contributed by atoms with Gasteiger partial charge in [-0.15, -0.1) is 0 Å². The van der Waals surface area contributed by atoms with Gasteiger partial charge in [0.15, 0.2) is 0 Å². The molecule has 0 saturated heterocycles. The first kappa shape index (κ1) is 16.7. The molecule has 1 aromatic heterocycles. The summed E-state index contributed by atoms with van der Waals surface area (Å²) in [6, 6.07) is 8.09. The summed E-state index contributed by atoms with van der Waals surface area (Å²) < 4.78 is 1.000. The van der Waals surface area contributed by atoms with Crippen LogP contribution in [-0.2, 0) is 0 Å². The third-order valence-corrected chi connectivity index (χ3v) is 3.75. The van der Waals surface area contributed by atoms with Gasteiger partial charge in [-0.3, -0.25) is 0 Å². The van der Waals surface area contributed by atoms with Gasteiger partial charge in [-0.05, 0) is 61.6 Å². The fourth-order valence-corrected chi connectivity index (χ4v) is 2.56. The fraction of sp³-hybridized carbons (Fsp3) is 0.375. The van der Waals surface area contributed by atoms with Crippen LogP contribution in [0.2, 0.25) is 0 Å². The molecule has 0 bridgehead atoms. The van der Waals surface area contributed by atoms with Gasteiger partial charge in [-0.2, -0.15) is 4.98 Å². The van der Waals surface area contributed by atoms with Gasteiger partial charge in [-0.25, -0.2) is 4.98 Å². The van der Waals surface area contributed by atoms with Crippen LogP contribution < -0.4 is 10.6 Å². The highest BCUT2D eigenvalue weighted by molar-refractivity contribution is 9.10. The number of aromatic nitrogens is 2. The van der Waals surface area contributed by atoms with E-state index in [0.29, 0.717) is 5.95 Å². The zero-order chi connectivity index (χ0) is 16.1. The molecule has 0 radical (unpaired) electrons. The number of benzene rings is 1. The minimum atomic E-state index is 0.594. The van der Waals surface area contributed by atoms with Crippen molar-refractivity contribution in [3.05, 3.63) is 40.0 Å². The molecule has 2 N–H and O–H groups in total. The zero-order valence-electron chi connectivity index (χ0n) is 13.4. The SMILES string of the molecule is Cc1ccc(Nc2nc(C)cc(NCCN(C)C)n2)c(Br)c1. The van der Waals surface area contributed by atoms with Gasteiger partial charge in [0.25, 0.3) is 0 Å². The molecule has 0 spiro atoms. The Kier molecular flexibility index (Phi) is 5.74. The molecular formula is C16H22BrN5. The number of hydrogen-bond donors (Lipinski definition) is 2. The number of anilines is 3. The zero-order valence-corrected chi connectivity index (χ0v) is 15.0. The van der Waals surface area contributed by atoms with Crippen LogP contribution in [0.3, 0.4) is 0 Å². The highest BCUT2D eigenvalue weighted by Crippen LogP contribution is 2.26.